The first-order valence-corrected chi connectivity index (χ1v) is 10.00. The van der Waals surface area contributed by atoms with E-state index in [1.807, 2.05) is 4.68 Å². The molecule has 0 bridgehead atoms. The van der Waals surface area contributed by atoms with Gasteiger partial charge in [0.05, 0.1) is 36.3 Å². The average molecular weight is 446 g/mol. The molecular weight excluding hydrogens is 425 g/mol. The number of methoxy groups -OCH3 is 1. The molecule has 8 nitrogen and oxygen atoms in total. The van der Waals surface area contributed by atoms with Crippen LogP contribution in [-0.4, -0.2) is 45.9 Å². The molecular formula is C21H21F3N6O2. The summed E-state index contributed by atoms with van der Waals surface area (Å²) in [6.07, 6.45) is 1.38. The number of ether oxygens (including phenoxy) is 1. The predicted octanol–water partition coefficient (Wildman–Crippen LogP) is 3.81. The SMILES string of the molecule is COC(=O)c1ccc(-c2nc(Nc3cnn(C4CCNCC4)c3)ncc2C(F)(F)F)cc1. The molecule has 0 radical (unpaired) electrons. The van der Waals surface area contributed by atoms with Crippen LogP contribution in [0.4, 0.5) is 24.8 Å². The van der Waals surface area contributed by atoms with E-state index in [2.05, 4.69) is 30.4 Å². The van der Waals surface area contributed by atoms with E-state index in [0.29, 0.717) is 5.69 Å². The number of alkyl halides is 3. The minimum atomic E-state index is -4.64. The van der Waals surface area contributed by atoms with Crippen molar-refractivity contribution >= 4 is 17.6 Å². The highest BCUT2D eigenvalue weighted by molar-refractivity contribution is 5.90. The van der Waals surface area contributed by atoms with Crippen molar-refractivity contribution < 1.29 is 22.7 Å². The smallest absolute Gasteiger partial charge is 0.419 e. The predicted molar refractivity (Wildman–Crippen MR) is 110 cm³/mol. The first-order chi connectivity index (χ1) is 15.3. The van der Waals surface area contributed by atoms with Crippen LogP contribution in [0.3, 0.4) is 0 Å². The van der Waals surface area contributed by atoms with Crippen LogP contribution in [0.2, 0.25) is 0 Å². The van der Waals surface area contributed by atoms with Crippen LogP contribution in [0, 0.1) is 0 Å². The van der Waals surface area contributed by atoms with Gasteiger partial charge in [0.15, 0.2) is 0 Å². The maximum absolute atomic E-state index is 13.6. The third-order valence-electron chi connectivity index (χ3n) is 5.21. The summed E-state index contributed by atoms with van der Waals surface area (Å²) in [4.78, 5) is 19.6. The van der Waals surface area contributed by atoms with Crippen LogP contribution in [-0.2, 0) is 10.9 Å². The zero-order chi connectivity index (χ0) is 22.7. The maximum atomic E-state index is 13.6. The van der Waals surface area contributed by atoms with Gasteiger partial charge >= 0.3 is 12.1 Å². The molecule has 0 aliphatic carbocycles. The van der Waals surface area contributed by atoms with Crippen molar-refractivity contribution in [1.29, 1.82) is 0 Å². The number of nitrogens with one attached hydrogen (secondary N) is 2. The minimum Gasteiger partial charge on any atom is -0.465 e. The van der Waals surface area contributed by atoms with Crippen molar-refractivity contribution in [2.45, 2.75) is 25.1 Å². The number of carbonyl (C=O) groups excluding carboxylic acids is 1. The molecule has 1 aliphatic heterocycles. The highest BCUT2D eigenvalue weighted by Crippen LogP contribution is 2.36. The molecule has 3 heterocycles. The lowest BCUT2D eigenvalue weighted by Crippen LogP contribution is -2.29. The molecule has 168 valence electrons. The fraction of sp³-hybridized carbons (Fsp3) is 0.333. The Balaban J connectivity index is 1.62. The molecule has 1 saturated heterocycles. The number of carbonyl (C=O) groups is 1. The number of piperidine rings is 1. The molecule has 0 atom stereocenters. The fourth-order valence-electron chi connectivity index (χ4n) is 3.55. The molecule has 2 N–H and O–H groups in total. The van der Waals surface area contributed by atoms with E-state index in [1.165, 1.54) is 31.4 Å². The molecule has 1 aliphatic rings. The lowest BCUT2D eigenvalue weighted by atomic mass is 10.0. The number of aromatic nitrogens is 4. The van der Waals surface area contributed by atoms with E-state index < -0.39 is 17.7 Å². The molecule has 0 spiro atoms. The van der Waals surface area contributed by atoms with Gasteiger partial charge in [0, 0.05) is 18.0 Å². The average Bonchev–Trinajstić information content (AvgIpc) is 3.27. The topological polar surface area (TPSA) is 94.0 Å². The standard InChI is InChI=1S/C21H21F3N6O2/c1-32-19(31)14-4-2-13(3-5-14)18-17(21(22,23)24)11-26-20(29-18)28-15-10-27-30(12-15)16-6-8-25-9-7-16/h2-5,10-12,16,25H,6-9H2,1H3,(H,26,28,29). The number of esters is 1. The number of anilines is 2. The number of nitrogens with zero attached hydrogens (tertiary/aromatic N) is 4. The van der Waals surface area contributed by atoms with Crippen molar-refractivity contribution in [3.63, 3.8) is 0 Å². The second-order valence-corrected chi connectivity index (χ2v) is 7.34. The molecule has 0 amide bonds. The summed E-state index contributed by atoms with van der Waals surface area (Å²) >= 11 is 0. The number of rotatable bonds is 5. The highest BCUT2D eigenvalue weighted by Gasteiger charge is 2.35. The summed E-state index contributed by atoms with van der Waals surface area (Å²) in [5.41, 5.74) is -0.268. The van der Waals surface area contributed by atoms with Gasteiger partial charge in [-0.1, -0.05) is 12.1 Å². The Morgan fingerprint density at radius 3 is 2.56 bits per heavy atom. The quantitative estimate of drug-likeness (QED) is 0.576. The lowest BCUT2D eigenvalue weighted by molar-refractivity contribution is -0.137. The zero-order valence-corrected chi connectivity index (χ0v) is 17.2. The van der Waals surface area contributed by atoms with Gasteiger partial charge in [0.2, 0.25) is 5.95 Å². The fourth-order valence-corrected chi connectivity index (χ4v) is 3.55. The van der Waals surface area contributed by atoms with E-state index in [4.69, 9.17) is 0 Å². The van der Waals surface area contributed by atoms with Crippen LogP contribution >= 0.6 is 0 Å². The van der Waals surface area contributed by atoms with Crippen LogP contribution in [0.15, 0.2) is 42.9 Å². The van der Waals surface area contributed by atoms with Gasteiger partial charge in [-0.3, -0.25) is 4.68 Å². The number of hydrogen-bond donors (Lipinski definition) is 2. The second kappa shape index (κ2) is 8.95. The summed E-state index contributed by atoms with van der Waals surface area (Å²) < 4.78 is 47.2. The first-order valence-electron chi connectivity index (χ1n) is 10.00. The first kappa shape index (κ1) is 21.8. The van der Waals surface area contributed by atoms with Crippen LogP contribution in [0.5, 0.6) is 0 Å². The summed E-state index contributed by atoms with van der Waals surface area (Å²) in [5.74, 6) is -0.571. The normalized spacial score (nSPS) is 14.9. The van der Waals surface area contributed by atoms with Crippen LogP contribution in [0.25, 0.3) is 11.3 Å². The van der Waals surface area contributed by atoms with E-state index >= 15 is 0 Å². The molecule has 11 heteroatoms. The van der Waals surface area contributed by atoms with E-state index in [1.54, 1.807) is 12.4 Å². The number of hydrogen-bond acceptors (Lipinski definition) is 7. The van der Waals surface area contributed by atoms with Crippen molar-refractivity contribution in [2.24, 2.45) is 0 Å². The van der Waals surface area contributed by atoms with Crippen LogP contribution in [0.1, 0.15) is 34.8 Å². The Hall–Kier alpha value is -3.47. The minimum absolute atomic E-state index is 0.00917. The Bertz CT molecular complexity index is 1090. The van der Waals surface area contributed by atoms with Crippen LogP contribution < -0.4 is 10.6 Å². The Kier molecular flexibility index (Phi) is 6.08. The van der Waals surface area contributed by atoms with E-state index in [-0.39, 0.29) is 28.8 Å². The number of benzene rings is 1. The van der Waals surface area contributed by atoms with Gasteiger partial charge in [-0.2, -0.15) is 18.3 Å². The summed E-state index contributed by atoms with van der Waals surface area (Å²) in [6.45, 7) is 1.82. The van der Waals surface area contributed by atoms with Gasteiger partial charge in [-0.25, -0.2) is 14.8 Å². The van der Waals surface area contributed by atoms with Gasteiger partial charge < -0.3 is 15.4 Å². The molecule has 4 rings (SSSR count). The molecule has 3 aromatic rings. The van der Waals surface area contributed by atoms with Crippen molar-refractivity contribution in [1.82, 2.24) is 25.1 Å². The second-order valence-electron chi connectivity index (χ2n) is 7.34. The lowest BCUT2D eigenvalue weighted by Gasteiger charge is -2.22. The molecule has 1 fully saturated rings. The molecule has 1 aromatic carbocycles. The Morgan fingerprint density at radius 2 is 1.91 bits per heavy atom. The van der Waals surface area contributed by atoms with Crippen molar-refractivity contribution in [2.75, 3.05) is 25.5 Å². The summed E-state index contributed by atoms with van der Waals surface area (Å²) in [5, 5.41) is 10.6. The molecule has 0 saturated carbocycles. The van der Waals surface area contributed by atoms with Gasteiger partial charge in [-0.05, 0) is 38.1 Å². The summed E-state index contributed by atoms with van der Waals surface area (Å²) in [6, 6.07) is 5.83. The third kappa shape index (κ3) is 4.72. The molecule has 0 unspecified atom stereocenters. The monoisotopic (exact) mass is 446 g/mol. The largest absolute Gasteiger partial charge is 0.465 e. The van der Waals surface area contributed by atoms with E-state index in [9.17, 15) is 18.0 Å². The van der Waals surface area contributed by atoms with Gasteiger partial charge in [-0.15, -0.1) is 0 Å². The maximum Gasteiger partial charge on any atom is 0.419 e. The van der Waals surface area contributed by atoms with Gasteiger partial charge in [0.1, 0.15) is 5.56 Å². The van der Waals surface area contributed by atoms with Crippen molar-refractivity contribution in [3.8, 4) is 11.3 Å². The zero-order valence-electron chi connectivity index (χ0n) is 17.2. The van der Waals surface area contributed by atoms with Crippen molar-refractivity contribution in [3.05, 3.63) is 54.0 Å². The molecule has 32 heavy (non-hydrogen) atoms. The molecule has 2 aromatic heterocycles. The van der Waals surface area contributed by atoms with Gasteiger partial charge in [0.25, 0.3) is 0 Å². The van der Waals surface area contributed by atoms with E-state index in [0.717, 1.165) is 32.1 Å². The Morgan fingerprint density at radius 1 is 1.19 bits per heavy atom. The Labute approximate surface area is 181 Å². The number of halogens is 3. The highest BCUT2D eigenvalue weighted by atomic mass is 19.4. The third-order valence-corrected chi connectivity index (χ3v) is 5.21. The summed E-state index contributed by atoms with van der Waals surface area (Å²) in [7, 11) is 1.23.